The molecule has 0 amide bonds. The Labute approximate surface area is 91.7 Å². The molecule has 0 radical (unpaired) electrons. The van der Waals surface area contributed by atoms with Crippen LogP contribution in [0.1, 0.15) is 30.8 Å². The number of nitriles is 1. The number of nitrogens with one attached hydrogen (secondary N) is 1. The lowest BCUT2D eigenvalue weighted by Gasteiger charge is -2.07. The van der Waals surface area contributed by atoms with Crippen molar-refractivity contribution in [2.45, 2.75) is 27.3 Å². The predicted octanol–water partition coefficient (Wildman–Crippen LogP) is 1.95. The van der Waals surface area contributed by atoms with Gasteiger partial charge in [-0.15, -0.1) is 0 Å². The second kappa shape index (κ2) is 4.99. The van der Waals surface area contributed by atoms with Gasteiger partial charge in [0.15, 0.2) is 0 Å². The van der Waals surface area contributed by atoms with Gasteiger partial charge in [0.1, 0.15) is 11.8 Å². The van der Waals surface area contributed by atoms with E-state index in [1.165, 1.54) is 11.3 Å². The molecule has 0 fully saturated rings. The zero-order chi connectivity index (χ0) is 11.4. The second-order valence-electron chi connectivity index (χ2n) is 4.34. The lowest BCUT2D eigenvalue weighted by Crippen LogP contribution is -2.19. The molecular formula is C12H19N3. The fourth-order valence-electron chi connectivity index (χ4n) is 1.54. The maximum atomic E-state index is 8.88. The molecule has 1 rings (SSSR count). The molecule has 1 aromatic rings. The molecule has 0 bridgehead atoms. The third-order valence-electron chi connectivity index (χ3n) is 2.62. The summed E-state index contributed by atoms with van der Waals surface area (Å²) in [6.45, 7) is 8.28. The van der Waals surface area contributed by atoms with Crippen LogP contribution in [0.15, 0.2) is 6.07 Å². The van der Waals surface area contributed by atoms with Crippen LogP contribution in [0, 0.1) is 24.2 Å². The molecule has 0 aromatic carbocycles. The molecule has 3 heteroatoms. The average Bonchev–Trinajstić information content (AvgIpc) is 2.45. The summed E-state index contributed by atoms with van der Waals surface area (Å²) in [6, 6.07) is 4.15. The number of hydrogen-bond donors (Lipinski definition) is 1. The smallest absolute Gasteiger partial charge is 0.120 e. The first-order valence-corrected chi connectivity index (χ1v) is 5.32. The highest BCUT2D eigenvalue weighted by Crippen LogP contribution is 2.12. The van der Waals surface area contributed by atoms with Crippen molar-refractivity contribution >= 4 is 0 Å². The van der Waals surface area contributed by atoms with E-state index >= 15 is 0 Å². The van der Waals surface area contributed by atoms with Crippen LogP contribution >= 0.6 is 0 Å². The van der Waals surface area contributed by atoms with Crippen LogP contribution in [-0.4, -0.2) is 11.1 Å². The van der Waals surface area contributed by atoms with E-state index in [-0.39, 0.29) is 0 Å². The summed E-state index contributed by atoms with van der Waals surface area (Å²) in [6.07, 6.45) is 0. The van der Waals surface area contributed by atoms with Crippen molar-refractivity contribution in [1.82, 2.24) is 9.88 Å². The van der Waals surface area contributed by atoms with Crippen LogP contribution in [0.5, 0.6) is 0 Å². The van der Waals surface area contributed by atoms with E-state index in [0.29, 0.717) is 5.92 Å². The largest absolute Gasteiger partial charge is 0.340 e. The van der Waals surface area contributed by atoms with E-state index < -0.39 is 0 Å². The maximum absolute atomic E-state index is 8.88. The van der Waals surface area contributed by atoms with Crippen molar-refractivity contribution in [3.63, 3.8) is 0 Å². The Hall–Kier alpha value is -1.27. The van der Waals surface area contributed by atoms with Gasteiger partial charge in [0, 0.05) is 19.3 Å². The lowest BCUT2D eigenvalue weighted by atomic mass is 10.2. The van der Waals surface area contributed by atoms with Crippen molar-refractivity contribution < 1.29 is 0 Å². The Bertz CT molecular complexity index is 369. The predicted molar refractivity (Wildman–Crippen MR) is 61.4 cm³/mol. The normalized spacial score (nSPS) is 10.7. The Morgan fingerprint density at radius 3 is 2.67 bits per heavy atom. The van der Waals surface area contributed by atoms with Crippen LogP contribution in [0.4, 0.5) is 0 Å². The minimum absolute atomic E-state index is 0.657. The van der Waals surface area contributed by atoms with Crippen LogP contribution in [0.3, 0.4) is 0 Å². The molecule has 1 N–H and O–H groups in total. The first kappa shape index (κ1) is 11.8. The Morgan fingerprint density at radius 2 is 2.20 bits per heavy atom. The van der Waals surface area contributed by atoms with E-state index in [4.69, 9.17) is 5.26 Å². The highest BCUT2D eigenvalue weighted by atomic mass is 15.0. The van der Waals surface area contributed by atoms with Gasteiger partial charge in [-0.1, -0.05) is 13.8 Å². The fraction of sp³-hybridized carbons (Fsp3) is 0.583. The van der Waals surface area contributed by atoms with E-state index in [2.05, 4.69) is 25.2 Å². The van der Waals surface area contributed by atoms with Gasteiger partial charge < -0.3 is 9.88 Å². The van der Waals surface area contributed by atoms with Crippen LogP contribution in [0.2, 0.25) is 0 Å². The molecule has 0 saturated carbocycles. The molecule has 82 valence electrons. The van der Waals surface area contributed by atoms with Crippen molar-refractivity contribution in [1.29, 1.82) is 5.26 Å². The summed E-state index contributed by atoms with van der Waals surface area (Å²) in [5.41, 5.74) is 3.12. The molecule has 0 unspecified atom stereocenters. The topological polar surface area (TPSA) is 40.8 Å². The summed E-state index contributed by atoms with van der Waals surface area (Å²) < 4.78 is 1.94. The standard InChI is InChI=1S/C12H19N3/c1-9(2)7-14-8-11-5-12(6-13)15(4)10(11)3/h5,9,14H,7-8H2,1-4H3. The highest BCUT2D eigenvalue weighted by molar-refractivity contribution is 5.33. The minimum Gasteiger partial charge on any atom is -0.340 e. The molecule has 0 saturated heterocycles. The monoisotopic (exact) mass is 205 g/mol. The van der Waals surface area contributed by atoms with Gasteiger partial charge >= 0.3 is 0 Å². The van der Waals surface area contributed by atoms with Crippen molar-refractivity contribution in [3.8, 4) is 6.07 Å². The van der Waals surface area contributed by atoms with Crippen LogP contribution < -0.4 is 5.32 Å². The zero-order valence-electron chi connectivity index (χ0n) is 9.96. The average molecular weight is 205 g/mol. The van der Waals surface area contributed by atoms with Gasteiger partial charge in [-0.05, 0) is 31.0 Å². The summed E-state index contributed by atoms with van der Waals surface area (Å²) in [5.74, 6) is 0.657. The summed E-state index contributed by atoms with van der Waals surface area (Å²) in [7, 11) is 1.93. The van der Waals surface area contributed by atoms with Gasteiger partial charge in [-0.2, -0.15) is 5.26 Å². The molecule has 0 atom stereocenters. The van der Waals surface area contributed by atoms with Gasteiger partial charge in [0.2, 0.25) is 0 Å². The molecule has 1 aromatic heterocycles. The van der Waals surface area contributed by atoms with Crippen LogP contribution in [0.25, 0.3) is 0 Å². The third kappa shape index (κ3) is 2.84. The first-order chi connectivity index (χ1) is 7.06. The third-order valence-corrected chi connectivity index (χ3v) is 2.62. The summed E-state index contributed by atoms with van der Waals surface area (Å²) in [5, 5.41) is 12.3. The maximum Gasteiger partial charge on any atom is 0.120 e. The molecular weight excluding hydrogens is 186 g/mol. The van der Waals surface area contributed by atoms with E-state index in [9.17, 15) is 0 Å². The molecule has 1 heterocycles. The Kier molecular flexibility index (Phi) is 3.93. The van der Waals surface area contributed by atoms with Crippen molar-refractivity contribution in [2.24, 2.45) is 13.0 Å². The number of aromatic nitrogens is 1. The van der Waals surface area contributed by atoms with E-state index in [1.54, 1.807) is 0 Å². The van der Waals surface area contributed by atoms with Gasteiger partial charge in [-0.3, -0.25) is 0 Å². The minimum atomic E-state index is 0.657. The van der Waals surface area contributed by atoms with Crippen molar-refractivity contribution in [3.05, 3.63) is 23.0 Å². The number of rotatable bonds is 4. The van der Waals surface area contributed by atoms with E-state index in [0.717, 1.165) is 18.8 Å². The van der Waals surface area contributed by atoms with Gasteiger partial charge in [0.05, 0.1) is 0 Å². The van der Waals surface area contributed by atoms with Gasteiger partial charge in [-0.25, -0.2) is 0 Å². The molecule has 0 spiro atoms. The molecule has 0 aliphatic rings. The lowest BCUT2D eigenvalue weighted by molar-refractivity contribution is 0.551. The Morgan fingerprint density at radius 1 is 1.53 bits per heavy atom. The zero-order valence-corrected chi connectivity index (χ0v) is 9.96. The summed E-state index contributed by atoms with van der Waals surface area (Å²) in [4.78, 5) is 0. The van der Waals surface area contributed by atoms with Crippen molar-refractivity contribution in [2.75, 3.05) is 6.54 Å². The number of nitrogens with zero attached hydrogens (tertiary/aromatic N) is 2. The Balaban J connectivity index is 2.66. The summed E-state index contributed by atoms with van der Waals surface area (Å²) >= 11 is 0. The highest BCUT2D eigenvalue weighted by Gasteiger charge is 2.07. The van der Waals surface area contributed by atoms with Crippen LogP contribution in [-0.2, 0) is 13.6 Å². The quantitative estimate of drug-likeness (QED) is 0.816. The molecule has 3 nitrogen and oxygen atoms in total. The fourth-order valence-corrected chi connectivity index (χ4v) is 1.54. The second-order valence-corrected chi connectivity index (χ2v) is 4.34. The first-order valence-electron chi connectivity index (χ1n) is 5.32. The molecule has 15 heavy (non-hydrogen) atoms. The van der Waals surface area contributed by atoms with E-state index in [1.807, 2.05) is 24.6 Å². The molecule has 0 aliphatic carbocycles. The SMILES string of the molecule is Cc1c(CNCC(C)C)cc(C#N)n1C. The van der Waals surface area contributed by atoms with Gasteiger partial charge in [0.25, 0.3) is 0 Å². The number of hydrogen-bond acceptors (Lipinski definition) is 2. The molecule has 0 aliphatic heterocycles.